The van der Waals surface area contributed by atoms with Crippen LogP contribution in [0.1, 0.15) is 51.0 Å². The van der Waals surface area contributed by atoms with Crippen LogP contribution in [0.2, 0.25) is 0 Å². The van der Waals surface area contributed by atoms with Gasteiger partial charge in [0.15, 0.2) is 0 Å². The number of rotatable bonds is 4. The fourth-order valence-electron chi connectivity index (χ4n) is 3.66. The lowest BCUT2D eigenvalue weighted by Crippen LogP contribution is -2.34. The summed E-state index contributed by atoms with van der Waals surface area (Å²) in [4.78, 5) is 2.74. The molecule has 3 heteroatoms. The van der Waals surface area contributed by atoms with Crippen LogP contribution in [0.3, 0.4) is 0 Å². The standard InChI is InChI=1S/C11H21N.C9H11BrO/c1-10-7-8-12(9-10)11-5-3-2-4-6-11;1-11-7-6-8-4-2-3-5-9(8)10/h10-11H,2-9H2,1H3;2-5H,6-7H2,1H3. The monoisotopic (exact) mass is 381 g/mol. The molecule has 0 N–H and O–H groups in total. The van der Waals surface area contributed by atoms with Crippen LogP contribution in [0.4, 0.5) is 0 Å². The van der Waals surface area contributed by atoms with Gasteiger partial charge in [-0.25, -0.2) is 0 Å². The van der Waals surface area contributed by atoms with E-state index in [2.05, 4.69) is 33.8 Å². The Morgan fingerprint density at radius 3 is 2.48 bits per heavy atom. The summed E-state index contributed by atoms with van der Waals surface area (Å²) in [6, 6.07) is 9.16. The van der Waals surface area contributed by atoms with Gasteiger partial charge in [-0.3, -0.25) is 0 Å². The van der Waals surface area contributed by atoms with Crippen molar-refractivity contribution < 1.29 is 4.74 Å². The second-order valence-electron chi connectivity index (χ2n) is 7.01. The lowest BCUT2D eigenvalue weighted by Gasteiger charge is -2.30. The van der Waals surface area contributed by atoms with E-state index in [1.54, 1.807) is 7.11 Å². The summed E-state index contributed by atoms with van der Waals surface area (Å²) in [5.74, 6) is 0.965. The zero-order valence-electron chi connectivity index (χ0n) is 14.8. The summed E-state index contributed by atoms with van der Waals surface area (Å²) in [7, 11) is 1.72. The summed E-state index contributed by atoms with van der Waals surface area (Å²) in [5, 5.41) is 0. The third-order valence-corrected chi connectivity index (χ3v) is 5.85. The van der Waals surface area contributed by atoms with Crippen LogP contribution in [0.5, 0.6) is 0 Å². The SMILES string of the molecule is CC1CCN(C2CCCCC2)C1.COCCc1ccccc1Br. The van der Waals surface area contributed by atoms with Gasteiger partial charge in [-0.15, -0.1) is 0 Å². The lowest BCUT2D eigenvalue weighted by atomic mass is 9.94. The van der Waals surface area contributed by atoms with Gasteiger partial charge in [0.25, 0.3) is 0 Å². The van der Waals surface area contributed by atoms with Gasteiger partial charge in [-0.05, 0) is 49.8 Å². The molecule has 1 atom stereocenters. The van der Waals surface area contributed by atoms with Crippen molar-refractivity contribution in [3.05, 3.63) is 34.3 Å². The summed E-state index contributed by atoms with van der Waals surface area (Å²) < 4.78 is 6.14. The minimum atomic E-state index is 0.780. The van der Waals surface area contributed by atoms with E-state index in [0.29, 0.717) is 0 Å². The van der Waals surface area contributed by atoms with Gasteiger partial charge in [0.05, 0.1) is 6.61 Å². The molecule has 1 heterocycles. The number of ether oxygens (including phenoxy) is 1. The van der Waals surface area contributed by atoms with E-state index in [9.17, 15) is 0 Å². The topological polar surface area (TPSA) is 12.5 Å². The van der Waals surface area contributed by atoms with Crippen LogP contribution < -0.4 is 0 Å². The van der Waals surface area contributed by atoms with E-state index in [0.717, 1.165) is 29.5 Å². The molecule has 2 aliphatic rings. The van der Waals surface area contributed by atoms with Crippen LogP contribution in [-0.4, -0.2) is 37.7 Å². The maximum absolute atomic E-state index is 4.98. The third-order valence-electron chi connectivity index (χ3n) is 5.08. The van der Waals surface area contributed by atoms with E-state index in [-0.39, 0.29) is 0 Å². The smallest absolute Gasteiger partial charge is 0.0503 e. The van der Waals surface area contributed by atoms with Crippen molar-refractivity contribution in [2.45, 2.75) is 57.9 Å². The molecule has 2 fully saturated rings. The first-order chi connectivity index (χ1) is 11.2. The highest BCUT2D eigenvalue weighted by Crippen LogP contribution is 2.27. The van der Waals surface area contributed by atoms with Crippen LogP contribution in [0.25, 0.3) is 0 Å². The molecule has 1 saturated heterocycles. The highest BCUT2D eigenvalue weighted by Gasteiger charge is 2.26. The van der Waals surface area contributed by atoms with Gasteiger partial charge in [0, 0.05) is 24.2 Å². The summed E-state index contributed by atoms with van der Waals surface area (Å²) in [6.07, 6.45) is 9.82. The number of likely N-dealkylation sites (tertiary alicyclic amines) is 1. The van der Waals surface area contributed by atoms with Crippen molar-refractivity contribution in [1.82, 2.24) is 4.90 Å². The molecule has 1 aliphatic heterocycles. The molecule has 0 aromatic heterocycles. The minimum absolute atomic E-state index is 0.780. The minimum Gasteiger partial charge on any atom is -0.384 e. The number of benzene rings is 1. The summed E-state index contributed by atoms with van der Waals surface area (Å²) in [5.41, 5.74) is 1.30. The molecule has 0 spiro atoms. The predicted octanol–water partition coefficient (Wildman–Crippen LogP) is 5.30. The average molecular weight is 382 g/mol. The molecule has 23 heavy (non-hydrogen) atoms. The molecular formula is C20H32BrNO. The molecule has 1 unspecified atom stereocenters. The normalized spacial score (nSPS) is 22.7. The Balaban J connectivity index is 0.000000168. The Bertz CT molecular complexity index is 442. The maximum Gasteiger partial charge on any atom is 0.0503 e. The van der Waals surface area contributed by atoms with Gasteiger partial charge in [0.1, 0.15) is 0 Å². The molecule has 0 radical (unpaired) electrons. The van der Waals surface area contributed by atoms with Gasteiger partial charge >= 0.3 is 0 Å². The van der Waals surface area contributed by atoms with E-state index >= 15 is 0 Å². The van der Waals surface area contributed by atoms with Gasteiger partial charge in [0.2, 0.25) is 0 Å². The van der Waals surface area contributed by atoms with Crippen molar-refractivity contribution in [1.29, 1.82) is 0 Å². The molecule has 0 bridgehead atoms. The highest BCUT2D eigenvalue weighted by molar-refractivity contribution is 9.10. The molecule has 1 aliphatic carbocycles. The van der Waals surface area contributed by atoms with E-state index in [1.807, 2.05) is 18.2 Å². The number of nitrogens with zero attached hydrogens (tertiary/aromatic N) is 1. The van der Waals surface area contributed by atoms with Crippen molar-refractivity contribution in [2.24, 2.45) is 5.92 Å². The highest BCUT2D eigenvalue weighted by atomic mass is 79.9. The second kappa shape index (κ2) is 10.5. The molecule has 1 saturated carbocycles. The molecule has 0 amide bonds. The van der Waals surface area contributed by atoms with Crippen molar-refractivity contribution in [3.8, 4) is 0 Å². The Morgan fingerprint density at radius 1 is 1.13 bits per heavy atom. The van der Waals surface area contributed by atoms with E-state index in [1.165, 1.54) is 57.2 Å². The second-order valence-corrected chi connectivity index (χ2v) is 7.87. The Hall–Kier alpha value is -0.380. The molecule has 2 nitrogen and oxygen atoms in total. The zero-order chi connectivity index (χ0) is 16.5. The van der Waals surface area contributed by atoms with Gasteiger partial charge in [-0.2, -0.15) is 0 Å². The fraction of sp³-hybridized carbons (Fsp3) is 0.700. The average Bonchev–Trinajstić information content (AvgIpc) is 3.02. The molecule has 3 rings (SSSR count). The number of halogens is 1. The Kier molecular flexibility index (Phi) is 8.63. The van der Waals surface area contributed by atoms with Crippen molar-refractivity contribution in [2.75, 3.05) is 26.8 Å². The molecular weight excluding hydrogens is 350 g/mol. The lowest BCUT2D eigenvalue weighted by molar-refractivity contribution is 0.186. The van der Waals surface area contributed by atoms with E-state index in [4.69, 9.17) is 4.74 Å². The number of methoxy groups -OCH3 is 1. The molecule has 1 aromatic rings. The fourth-order valence-corrected chi connectivity index (χ4v) is 4.14. The third kappa shape index (κ3) is 6.56. The van der Waals surface area contributed by atoms with Gasteiger partial charge < -0.3 is 9.64 Å². The molecule has 130 valence electrons. The summed E-state index contributed by atoms with van der Waals surface area (Å²) in [6.45, 7) is 5.93. The van der Waals surface area contributed by atoms with Crippen LogP contribution in [0, 0.1) is 5.92 Å². The zero-order valence-corrected chi connectivity index (χ0v) is 16.4. The van der Waals surface area contributed by atoms with Crippen LogP contribution in [-0.2, 0) is 11.2 Å². The van der Waals surface area contributed by atoms with Crippen LogP contribution >= 0.6 is 15.9 Å². The van der Waals surface area contributed by atoms with E-state index < -0.39 is 0 Å². The largest absolute Gasteiger partial charge is 0.384 e. The number of hydrogen-bond acceptors (Lipinski definition) is 2. The van der Waals surface area contributed by atoms with Gasteiger partial charge in [-0.1, -0.05) is 60.3 Å². The first-order valence-corrected chi connectivity index (χ1v) is 9.96. The Morgan fingerprint density at radius 2 is 1.87 bits per heavy atom. The number of hydrogen-bond donors (Lipinski definition) is 0. The van der Waals surface area contributed by atoms with Crippen molar-refractivity contribution in [3.63, 3.8) is 0 Å². The van der Waals surface area contributed by atoms with Crippen LogP contribution in [0.15, 0.2) is 28.7 Å². The predicted molar refractivity (Wildman–Crippen MR) is 102 cm³/mol. The first-order valence-electron chi connectivity index (χ1n) is 9.17. The Labute approximate surface area is 150 Å². The summed E-state index contributed by atoms with van der Waals surface area (Å²) >= 11 is 3.47. The molecule has 1 aromatic carbocycles. The quantitative estimate of drug-likeness (QED) is 0.701. The first kappa shape index (κ1) is 19.0. The van der Waals surface area contributed by atoms with Crippen molar-refractivity contribution >= 4 is 15.9 Å². The maximum atomic E-state index is 4.98.